The first kappa shape index (κ1) is 15.5. The minimum absolute atomic E-state index is 0.0831. The molecule has 3 aromatic rings. The van der Waals surface area contributed by atoms with Gasteiger partial charge in [-0.2, -0.15) is 0 Å². The molecule has 0 N–H and O–H groups in total. The van der Waals surface area contributed by atoms with Gasteiger partial charge in [0.25, 0.3) is 0 Å². The molecule has 0 bridgehead atoms. The van der Waals surface area contributed by atoms with Crippen LogP contribution in [0.1, 0.15) is 54.4 Å². The minimum atomic E-state index is -0.0831. The lowest BCUT2D eigenvalue weighted by Gasteiger charge is -2.41. The van der Waals surface area contributed by atoms with E-state index in [1.54, 1.807) is 0 Å². The van der Waals surface area contributed by atoms with Gasteiger partial charge in [-0.25, -0.2) is 0 Å². The summed E-state index contributed by atoms with van der Waals surface area (Å²) in [6, 6.07) is 14.9. The molecule has 1 fully saturated rings. The van der Waals surface area contributed by atoms with E-state index in [4.69, 9.17) is 14.2 Å². The molecule has 136 valence electrons. The van der Waals surface area contributed by atoms with Gasteiger partial charge in [0, 0.05) is 17.5 Å². The van der Waals surface area contributed by atoms with Gasteiger partial charge < -0.3 is 14.2 Å². The van der Waals surface area contributed by atoms with Gasteiger partial charge in [-0.1, -0.05) is 31.0 Å². The van der Waals surface area contributed by atoms with Crippen molar-refractivity contribution in [1.82, 2.24) is 4.98 Å². The monoisotopic (exact) mass is 359 g/mol. The molecule has 1 saturated carbocycles. The lowest BCUT2D eigenvalue weighted by atomic mass is 9.76. The molecule has 2 aromatic carbocycles. The van der Waals surface area contributed by atoms with Crippen molar-refractivity contribution in [1.29, 1.82) is 0 Å². The first-order chi connectivity index (χ1) is 13.4. The SMILES string of the molecule is c1cnc2cc([C@H]3O[C@H]4CCCC[C@@H]4c4cc5c(cc43)OCO5)ccc2c1. The zero-order valence-electron chi connectivity index (χ0n) is 15.1. The van der Waals surface area contributed by atoms with E-state index in [9.17, 15) is 0 Å². The summed E-state index contributed by atoms with van der Waals surface area (Å²) in [5.41, 5.74) is 4.76. The Hall–Kier alpha value is -2.59. The Morgan fingerprint density at radius 2 is 1.74 bits per heavy atom. The first-order valence-electron chi connectivity index (χ1n) is 9.80. The third-order valence-electron chi connectivity index (χ3n) is 6.21. The maximum atomic E-state index is 6.69. The van der Waals surface area contributed by atoms with Crippen LogP contribution in [0.3, 0.4) is 0 Å². The average molecular weight is 359 g/mol. The fourth-order valence-corrected chi connectivity index (χ4v) is 4.89. The fraction of sp³-hybridized carbons (Fsp3) is 0.348. The molecule has 4 nitrogen and oxygen atoms in total. The van der Waals surface area contributed by atoms with Crippen LogP contribution in [0.5, 0.6) is 11.5 Å². The minimum Gasteiger partial charge on any atom is -0.454 e. The normalized spacial score (nSPS) is 25.9. The van der Waals surface area contributed by atoms with Crippen LogP contribution in [0, 0.1) is 0 Å². The highest BCUT2D eigenvalue weighted by Crippen LogP contribution is 2.50. The third kappa shape index (κ3) is 2.43. The Kier molecular flexibility index (Phi) is 3.41. The predicted octanol–water partition coefficient (Wildman–Crippen LogP) is 5.11. The van der Waals surface area contributed by atoms with Crippen LogP contribution in [-0.2, 0) is 4.74 Å². The van der Waals surface area contributed by atoms with Crippen LogP contribution >= 0.6 is 0 Å². The van der Waals surface area contributed by atoms with Crippen molar-refractivity contribution in [2.45, 2.75) is 43.8 Å². The average Bonchev–Trinajstić information content (AvgIpc) is 3.19. The lowest BCUT2D eigenvalue weighted by molar-refractivity contribution is -0.0389. The van der Waals surface area contributed by atoms with Crippen LogP contribution < -0.4 is 9.47 Å². The highest BCUT2D eigenvalue weighted by atomic mass is 16.7. The van der Waals surface area contributed by atoms with Crippen LogP contribution in [0.15, 0.2) is 48.7 Å². The summed E-state index contributed by atoms with van der Waals surface area (Å²) in [6.45, 7) is 0.303. The maximum absolute atomic E-state index is 6.69. The van der Waals surface area contributed by atoms with Crippen molar-refractivity contribution in [3.8, 4) is 11.5 Å². The molecule has 0 radical (unpaired) electrons. The van der Waals surface area contributed by atoms with E-state index in [1.165, 1.54) is 30.4 Å². The second-order valence-electron chi connectivity index (χ2n) is 7.74. The number of pyridine rings is 1. The molecule has 3 aliphatic rings. The summed E-state index contributed by atoms with van der Waals surface area (Å²) in [4.78, 5) is 4.53. The number of nitrogens with zero attached hydrogens (tertiary/aromatic N) is 1. The number of aromatic nitrogens is 1. The zero-order valence-corrected chi connectivity index (χ0v) is 15.1. The summed E-state index contributed by atoms with van der Waals surface area (Å²) in [5, 5.41) is 1.15. The molecule has 0 saturated heterocycles. The van der Waals surface area contributed by atoms with Gasteiger partial charge in [0.1, 0.15) is 6.10 Å². The van der Waals surface area contributed by atoms with Crippen molar-refractivity contribution < 1.29 is 14.2 Å². The van der Waals surface area contributed by atoms with Gasteiger partial charge >= 0.3 is 0 Å². The van der Waals surface area contributed by atoms with Gasteiger partial charge in [-0.15, -0.1) is 0 Å². The molecule has 3 heterocycles. The van der Waals surface area contributed by atoms with Crippen LogP contribution in [0.25, 0.3) is 10.9 Å². The molecule has 3 atom stereocenters. The number of hydrogen-bond donors (Lipinski definition) is 0. The Bertz CT molecular complexity index is 1030. The fourth-order valence-electron chi connectivity index (χ4n) is 4.89. The van der Waals surface area contributed by atoms with Gasteiger partial charge in [0.15, 0.2) is 11.5 Å². The lowest BCUT2D eigenvalue weighted by Crippen LogP contribution is -2.33. The largest absolute Gasteiger partial charge is 0.454 e. The van der Waals surface area contributed by atoms with Crippen LogP contribution in [-0.4, -0.2) is 17.9 Å². The summed E-state index contributed by atoms with van der Waals surface area (Å²) in [5.74, 6) is 2.16. The van der Waals surface area contributed by atoms with Gasteiger partial charge in [0.05, 0.1) is 11.6 Å². The van der Waals surface area contributed by atoms with Crippen molar-refractivity contribution >= 4 is 10.9 Å². The van der Waals surface area contributed by atoms with E-state index in [0.29, 0.717) is 12.7 Å². The molecular formula is C23H21NO3. The van der Waals surface area contributed by atoms with Crippen LogP contribution in [0.4, 0.5) is 0 Å². The Labute approximate surface area is 158 Å². The molecule has 1 aliphatic carbocycles. The predicted molar refractivity (Wildman–Crippen MR) is 102 cm³/mol. The van der Waals surface area contributed by atoms with Crippen molar-refractivity contribution in [2.24, 2.45) is 0 Å². The third-order valence-corrected chi connectivity index (χ3v) is 6.21. The molecule has 4 heteroatoms. The summed E-state index contributed by atoms with van der Waals surface area (Å²) >= 11 is 0. The van der Waals surface area contributed by atoms with E-state index >= 15 is 0 Å². The van der Waals surface area contributed by atoms with E-state index in [2.05, 4.69) is 41.4 Å². The Morgan fingerprint density at radius 1 is 0.889 bits per heavy atom. The molecule has 2 aliphatic heterocycles. The summed E-state index contributed by atoms with van der Waals surface area (Å²) < 4.78 is 18.0. The van der Waals surface area contributed by atoms with E-state index in [-0.39, 0.29) is 12.2 Å². The quantitative estimate of drug-likeness (QED) is 0.605. The molecule has 1 aromatic heterocycles. The van der Waals surface area contributed by atoms with E-state index in [0.717, 1.165) is 34.4 Å². The second-order valence-corrected chi connectivity index (χ2v) is 7.74. The van der Waals surface area contributed by atoms with E-state index in [1.807, 2.05) is 12.3 Å². The molecule has 0 spiro atoms. The van der Waals surface area contributed by atoms with Gasteiger partial charge in [-0.3, -0.25) is 4.98 Å². The molecule has 0 amide bonds. The van der Waals surface area contributed by atoms with Crippen LogP contribution in [0.2, 0.25) is 0 Å². The second kappa shape index (κ2) is 5.96. The number of benzene rings is 2. The highest BCUT2D eigenvalue weighted by molar-refractivity contribution is 5.79. The van der Waals surface area contributed by atoms with E-state index < -0.39 is 0 Å². The highest BCUT2D eigenvalue weighted by Gasteiger charge is 2.39. The van der Waals surface area contributed by atoms with Crippen molar-refractivity contribution in [3.63, 3.8) is 0 Å². The van der Waals surface area contributed by atoms with Gasteiger partial charge in [0.2, 0.25) is 6.79 Å². The summed E-state index contributed by atoms with van der Waals surface area (Å²) in [6.07, 6.45) is 6.85. The topological polar surface area (TPSA) is 40.6 Å². The number of hydrogen-bond acceptors (Lipinski definition) is 4. The Balaban J connectivity index is 1.52. The van der Waals surface area contributed by atoms with Crippen molar-refractivity contribution in [2.75, 3.05) is 6.79 Å². The zero-order chi connectivity index (χ0) is 17.8. The molecular weight excluding hydrogens is 338 g/mol. The molecule has 0 unspecified atom stereocenters. The standard InChI is InChI=1S/C23H21NO3/c1-2-6-20-16(5-1)17-11-21-22(26-13-25-21)12-18(17)23(27-20)15-8-7-14-4-3-9-24-19(14)10-15/h3-4,7-12,16,20,23H,1-2,5-6,13H2/t16-,20+,23-/m1/s1. The molecule has 27 heavy (non-hydrogen) atoms. The number of ether oxygens (including phenoxy) is 3. The number of rotatable bonds is 1. The molecule has 6 rings (SSSR count). The van der Waals surface area contributed by atoms with Gasteiger partial charge in [-0.05, 0) is 53.8 Å². The number of fused-ring (bicyclic) bond motifs is 5. The smallest absolute Gasteiger partial charge is 0.231 e. The first-order valence-corrected chi connectivity index (χ1v) is 9.80. The maximum Gasteiger partial charge on any atom is 0.231 e. The van der Waals surface area contributed by atoms with Crippen molar-refractivity contribution in [3.05, 3.63) is 65.4 Å². The summed E-state index contributed by atoms with van der Waals surface area (Å²) in [7, 11) is 0. The Morgan fingerprint density at radius 3 is 2.67 bits per heavy atom.